The van der Waals surface area contributed by atoms with Crippen molar-refractivity contribution in [1.29, 1.82) is 0 Å². The molecule has 0 saturated carbocycles. The van der Waals surface area contributed by atoms with E-state index in [-0.39, 0.29) is 5.78 Å². The molecule has 0 saturated heterocycles. The van der Waals surface area contributed by atoms with Crippen LogP contribution in [0.1, 0.15) is 10.4 Å². The molecular weight excluding hydrogens is 166 g/mol. The molecule has 1 rings (SSSR count). The van der Waals surface area contributed by atoms with Crippen LogP contribution in [0, 0.1) is 0 Å². The Hall–Kier alpha value is -1.19. The van der Waals surface area contributed by atoms with Gasteiger partial charge in [0.2, 0.25) is 12.0 Å². The zero-order chi connectivity index (χ0) is 9.84. The first-order chi connectivity index (χ1) is 6.13. The highest BCUT2D eigenvalue weighted by molar-refractivity contribution is 5.98. The number of hydrogen-bond donors (Lipinski definition) is 0. The van der Waals surface area contributed by atoms with Gasteiger partial charge in [0.1, 0.15) is 0 Å². The Kier molecular flexibility index (Phi) is 3.17. The second kappa shape index (κ2) is 4.16. The van der Waals surface area contributed by atoms with Gasteiger partial charge in [0.25, 0.3) is 0 Å². The maximum Gasteiger partial charge on any atom is 0.209 e. The molecule has 3 heteroatoms. The van der Waals surface area contributed by atoms with Crippen LogP contribution in [0.5, 0.6) is 0 Å². The minimum atomic E-state index is -1.30. The van der Waals surface area contributed by atoms with Gasteiger partial charge in [-0.2, -0.15) is 0 Å². The maximum absolute atomic E-state index is 11.4. The molecule has 0 aliphatic heterocycles. The molecule has 3 nitrogen and oxygen atoms in total. The van der Waals surface area contributed by atoms with Gasteiger partial charge >= 0.3 is 0 Å². The van der Waals surface area contributed by atoms with E-state index in [0.29, 0.717) is 5.56 Å². The number of carbonyl (C=O) groups excluding carboxylic acids is 1. The summed E-state index contributed by atoms with van der Waals surface area (Å²) in [4.78, 5) is 12.8. The van der Waals surface area contributed by atoms with Crippen LogP contribution in [0.3, 0.4) is 0 Å². The first kappa shape index (κ1) is 9.89. The minimum absolute atomic E-state index is 0.384. The predicted molar refractivity (Wildman–Crippen MR) is 48.9 cm³/mol. The van der Waals surface area contributed by atoms with Gasteiger partial charge in [-0.3, -0.25) is 9.69 Å². The highest BCUT2D eigenvalue weighted by Gasteiger charge is 2.20. The summed E-state index contributed by atoms with van der Waals surface area (Å²) in [5.74, 6) is -0.384. The lowest BCUT2D eigenvalue weighted by Gasteiger charge is -2.14. The van der Waals surface area contributed by atoms with Crippen LogP contribution in [-0.2, 0) is 5.11 Å². The predicted octanol–water partition coefficient (Wildman–Crippen LogP) is 1.19. The van der Waals surface area contributed by atoms with E-state index < -0.39 is 6.23 Å². The van der Waals surface area contributed by atoms with E-state index in [1.165, 1.54) is 4.90 Å². The zero-order valence-electron chi connectivity index (χ0n) is 7.73. The van der Waals surface area contributed by atoms with Crippen molar-refractivity contribution >= 4 is 5.78 Å². The van der Waals surface area contributed by atoms with Crippen molar-refractivity contribution in [2.45, 2.75) is 6.23 Å². The smallest absolute Gasteiger partial charge is 0.209 e. The van der Waals surface area contributed by atoms with Crippen molar-refractivity contribution in [1.82, 2.24) is 4.90 Å². The summed E-state index contributed by atoms with van der Waals surface area (Å²) in [6.07, 6.45) is -1.30. The minimum Gasteiger partial charge on any atom is -0.289 e. The molecule has 1 aromatic carbocycles. The third-order valence-electron chi connectivity index (χ3n) is 1.75. The van der Waals surface area contributed by atoms with Crippen LogP contribution in [0.2, 0.25) is 0 Å². The van der Waals surface area contributed by atoms with Crippen molar-refractivity contribution in [3.05, 3.63) is 35.9 Å². The molecular formula is C10H12NO2. The Bertz CT molecular complexity index is 282. The fourth-order valence-corrected chi connectivity index (χ4v) is 0.980. The van der Waals surface area contributed by atoms with Gasteiger partial charge in [0, 0.05) is 5.56 Å². The van der Waals surface area contributed by atoms with Crippen molar-refractivity contribution < 1.29 is 9.90 Å². The highest BCUT2D eigenvalue weighted by atomic mass is 16.3. The quantitative estimate of drug-likeness (QED) is 0.515. The number of carbonyl (C=O) groups is 1. The molecule has 69 valence electrons. The largest absolute Gasteiger partial charge is 0.289 e. The summed E-state index contributed by atoms with van der Waals surface area (Å²) in [6, 6.07) is 8.60. The molecule has 0 aromatic heterocycles. The number of rotatable bonds is 3. The highest BCUT2D eigenvalue weighted by Crippen LogP contribution is 2.04. The van der Waals surface area contributed by atoms with Crippen molar-refractivity contribution in [2.24, 2.45) is 0 Å². The molecule has 1 aromatic rings. The molecule has 0 heterocycles. The molecule has 0 aliphatic carbocycles. The van der Waals surface area contributed by atoms with Crippen LogP contribution in [0.15, 0.2) is 30.3 Å². The van der Waals surface area contributed by atoms with Crippen molar-refractivity contribution in [3.8, 4) is 0 Å². The number of Topliss-reactive ketones (excluding diaryl/α,β-unsaturated/α-hetero) is 1. The van der Waals surface area contributed by atoms with E-state index in [9.17, 15) is 9.90 Å². The van der Waals surface area contributed by atoms with E-state index in [4.69, 9.17) is 0 Å². The molecule has 0 amide bonds. The third kappa shape index (κ3) is 2.37. The van der Waals surface area contributed by atoms with E-state index >= 15 is 0 Å². The monoisotopic (exact) mass is 178 g/mol. The fourth-order valence-electron chi connectivity index (χ4n) is 0.980. The van der Waals surface area contributed by atoms with Gasteiger partial charge in [-0.25, -0.2) is 5.11 Å². The maximum atomic E-state index is 11.4. The lowest BCUT2D eigenvalue weighted by atomic mass is 10.1. The van der Waals surface area contributed by atoms with E-state index in [0.717, 1.165) is 0 Å². The van der Waals surface area contributed by atoms with Crippen LogP contribution in [0.25, 0.3) is 0 Å². The fraction of sp³-hybridized carbons (Fsp3) is 0.300. The second-order valence-electron chi connectivity index (χ2n) is 3.05. The van der Waals surface area contributed by atoms with Gasteiger partial charge in [-0.05, 0) is 14.1 Å². The number of benzene rings is 1. The van der Waals surface area contributed by atoms with Gasteiger partial charge in [-0.1, -0.05) is 30.3 Å². The summed E-state index contributed by atoms with van der Waals surface area (Å²) in [5, 5.41) is 11.3. The lowest BCUT2D eigenvalue weighted by molar-refractivity contribution is -0.00586. The zero-order valence-corrected chi connectivity index (χ0v) is 7.73. The summed E-state index contributed by atoms with van der Waals surface area (Å²) in [7, 11) is 3.19. The molecule has 1 radical (unpaired) electrons. The molecule has 0 bridgehead atoms. The Morgan fingerprint density at radius 1 is 1.23 bits per heavy atom. The van der Waals surface area contributed by atoms with Crippen molar-refractivity contribution in [3.63, 3.8) is 0 Å². The number of ketones is 1. The van der Waals surface area contributed by atoms with Crippen LogP contribution >= 0.6 is 0 Å². The number of hydrogen-bond acceptors (Lipinski definition) is 2. The molecule has 0 spiro atoms. The second-order valence-corrected chi connectivity index (χ2v) is 3.05. The molecule has 1 unspecified atom stereocenters. The van der Waals surface area contributed by atoms with Gasteiger partial charge < -0.3 is 0 Å². The van der Waals surface area contributed by atoms with Crippen molar-refractivity contribution in [2.75, 3.05) is 14.1 Å². The topological polar surface area (TPSA) is 40.2 Å². The average molecular weight is 178 g/mol. The number of likely N-dealkylation sites (N-methyl/N-ethyl adjacent to an activating group) is 1. The Labute approximate surface area is 77.6 Å². The van der Waals surface area contributed by atoms with E-state index in [1.54, 1.807) is 38.4 Å². The Balaban J connectivity index is 2.80. The molecule has 0 N–H and O–H groups in total. The lowest BCUT2D eigenvalue weighted by Crippen LogP contribution is -2.34. The average Bonchev–Trinajstić information content (AvgIpc) is 2.17. The van der Waals surface area contributed by atoms with Gasteiger partial charge in [-0.15, -0.1) is 0 Å². The first-order valence-corrected chi connectivity index (χ1v) is 4.04. The van der Waals surface area contributed by atoms with E-state index in [1.807, 2.05) is 6.07 Å². The normalized spacial score (nSPS) is 12.9. The molecule has 1 atom stereocenters. The first-order valence-electron chi connectivity index (χ1n) is 4.04. The summed E-state index contributed by atoms with van der Waals surface area (Å²) in [5.41, 5.74) is 0.469. The standard InChI is InChI=1S/C10H12NO2/c1-11(2)10(13)9(12)8-6-4-3-5-7-8/h3-7,10H,1-2H3. The molecule has 0 aliphatic rings. The SMILES string of the molecule is CN(C)C([O])C(=O)c1ccccc1. The van der Waals surface area contributed by atoms with Gasteiger partial charge in [0.15, 0.2) is 0 Å². The van der Waals surface area contributed by atoms with Crippen LogP contribution < -0.4 is 0 Å². The van der Waals surface area contributed by atoms with E-state index in [2.05, 4.69) is 0 Å². The Morgan fingerprint density at radius 3 is 2.23 bits per heavy atom. The van der Waals surface area contributed by atoms with Crippen LogP contribution in [0.4, 0.5) is 0 Å². The summed E-state index contributed by atoms with van der Waals surface area (Å²) >= 11 is 0. The van der Waals surface area contributed by atoms with Crippen LogP contribution in [-0.4, -0.2) is 31.0 Å². The third-order valence-corrected chi connectivity index (χ3v) is 1.75. The molecule has 0 fully saturated rings. The summed E-state index contributed by atoms with van der Waals surface area (Å²) < 4.78 is 0. The number of nitrogens with zero attached hydrogens (tertiary/aromatic N) is 1. The summed E-state index contributed by atoms with van der Waals surface area (Å²) in [6.45, 7) is 0. The van der Waals surface area contributed by atoms with Gasteiger partial charge in [0.05, 0.1) is 0 Å². The Morgan fingerprint density at radius 2 is 1.77 bits per heavy atom. The molecule has 13 heavy (non-hydrogen) atoms.